The van der Waals surface area contributed by atoms with E-state index in [1.165, 1.54) is 12.1 Å². The van der Waals surface area contributed by atoms with Crippen molar-refractivity contribution in [1.82, 2.24) is 4.98 Å². The zero-order valence-electron chi connectivity index (χ0n) is 9.64. The standard InChI is InChI=1S/C10H14ClN3O3/c1-7(2)17-6-5-12-10-8(14(15)16)3-4-9(11)13-10/h3-4,7H,5-6H2,1-2H3,(H,12,13). The molecule has 0 amide bonds. The van der Waals surface area contributed by atoms with Crippen LogP contribution in [-0.2, 0) is 4.74 Å². The molecule has 94 valence electrons. The van der Waals surface area contributed by atoms with Crippen molar-refractivity contribution < 1.29 is 9.66 Å². The second kappa shape index (κ2) is 6.36. The van der Waals surface area contributed by atoms with Gasteiger partial charge in [0.25, 0.3) is 0 Å². The number of nitrogens with one attached hydrogen (secondary N) is 1. The van der Waals surface area contributed by atoms with Gasteiger partial charge in [-0.1, -0.05) is 11.6 Å². The molecule has 1 N–H and O–H groups in total. The predicted octanol–water partition coefficient (Wildman–Crippen LogP) is 2.48. The smallest absolute Gasteiger partial charge is 0.311 e. The van der Waals surface area contributed by atoms with E-state index in [4.69, 9.17) is 16.3 Å². The lowest BCUT2D eigenvalue weighted by Crippen LogP contribution is -2.14. The molecule has 0 saturated carbocycles. The van der Waals surface area contributed by atoms with Crippen LogP contribution in [0.5, 0.6) is 0 Å². The van der Waals surface area contributed by atoms with Gasteiger partial charge in [-0.15, -0.1) is 0 Å². The van der Waals surface area contributed by atoms with Crippen molar-refractivity contribution in [2.75, 3.05) is 18.5 Å². The van der Waals surface area contributed by atoms with E-state index in [-0.39, 0.29) is 22.8 Å². The van der Waals surface area contributed by atoms with Crippen molar-refractivity contribution in [3.8, 4) is 0 Å². The maximum atomic E-state index is 10.7. The number of nitrogens with zero attached hydrogens (tertiary/aromatic N) is 2. The SMILES string of the molecule is CC(C)OCCNc1nc(Cl)ccc1[N+](=O)[O-]. The number of rotatable bonds is 6. The molecular formula is C10H14ClN3O3. The molecular weight excluding hydrogens is 246 g/mol. The van der Waals surface area contributed by atoms with Crippen LogP contribution in [0.25, 0.3) is 0 Å². The molecule has 1 rings (SSSR count). The minimum atomic E-state index is -0.505. The van der Waals surface area contributed by atoms with Crippen LogP contribution in [0.2, 0.25) is 5.15 Å². The van der Waals surface area contributed by atoms with Crippen LogP contribution in [-0.4, -0.2) is 29.2 Å². The number of nitro groups is 1. The summed E-state index contributed by atoms with van der Waals surface area (Å²) >= 11 is 5.68. The number of pyridine rings is 1. The zero-order chi connectivity index (χ0) is 12.8. The summed E-state index contributed by atoms with van der Waals surface area (Å²) in [6.07, 6.45) is 0.124. The second-order valence-electron chi connectivity index (χ2n) is 3.61. The van der Waals surface area contributed by atoms with Gasteiger partial charge in [-0.25, -0.2) is 4.98 Å². The number of halogens is 1. The molecule has 1 heterocycles. The first kappa shape index (κ1) is 13.7. The first-order valence-corrected chi connectivity index (χ1v) is 5.55. The average Bonchev–Trinajstić information content (AvgIpc) is 2.23. The molecule has 0 aliphatic heterocycles. The van der Waals surface area contributed by atoms with Crippen LogP contribution in [0.3, 0.4) is 0 Å². The Hall–Kier alpha value is -1.40. The van der Waals surface area contributed by atoms with Crippen LogP contribution >= 0.6 is 11.6 Å². The molecule has 0 aliphatic rings. The largest absolute Gasteiger partial charge is 0.377 e. The molecule has 17 heavy (non-hydrogen) atoms. The highest BCUT2D eigenvalue weighted by Gasteiger charge is 2.14. The van der Waals surface area contributed by atoms with Gasteiger partial charge < -0.3 is 10.1 Å². The van der Waals surface area contributed by atoms with Gasteiger partial charge in [-0.05, 0) is 19.9 Å². The van der Waals surface area contributed by atoms with E-state index in [1.807, 2.05) is 13.8 Å². The van der Waals surface area contributed by atoms with Gasteiger partial charge in [0.1, 0.15) is 5.15 Å². The number of ether oxygens (including phenoxy) is 1. The summed E-state index contributed by atoms with van der Waals surface area (Å²) in [6.45, 7) is 4.72. The van der Waals surface area contributed by atoms with E-state index in [0.717, 1.165) is 0 Å². The lowest BCUT2D eigenvalue weighted by molar-refractivity contribution is -0.384. The maximum absolute atomic E-state index is 10.7. The fourth-order valence-corrected chi connectivity index (χ4v) is 1.32. The van der Waals surface area contributed by atoms with Gasteiger partial charge in [0.15, 0.2) is 0 Å². The van der Waals surface area contributed by atoms with Gasteiger partial charge in [-0.2, -0.15) is 0 Å². The Morgan fingerprint density at radius 1 is 1.59 bits per heavy atom. The summed E-state index contributed by atoms with van der Waals surface area (Å²) < 4.78 is 5.30. The topological polar surface area (TPSA) is 77.3 Å². The van der Waals surface area contributed by atoms with Gasteiger partial charge >= 0.3 is 5.69 Å². The van der Waals surface area contributed by atoms with Crippen molar-refractivity contribution >= 4 is 23.1 Å². The molecule has 0 unspecified atom stereocenters. The summed E-state index contributed by atoms with van der Waals surface area (Å²) in [5, 5.41) is 13.8. The zero-order valence-corrected chi connectivity index (χ0v) is 10.4. The van der Waals surface area contributed by atoms with E-state index < -0.39 is 4.92 Å². The van der Waals surface area contributed by atoms with Crippen molar-refractivity contribution in [2.24, 2.45) is 0 Å². The third kappa shape index (κ3) is 4.54. The summed E-state index contributed by atoms with van der Waals surface area (Å²) in [5.74, 6) is 0.162. The molecule has 0 spiro atoms. The monoisotopic (exact) mass is 259 g/mol. The summed E-state index contributed by atoms with van der Waals surface area (Å²) in [6, 6.07) is 2.70. The van der Waals surface area contributed by atoms with Gasteiger partial charge in [0, 0.05) is 12.6 Å². The summed E-state index contributed by atoms with van der Waals surface area (Å²) in [7, 11) is 0. The molecule has 0 aliphatic carbocycles. The van der Waals surface area contributed by atoms with E-state index in [1.54, 1.807) is 0 Å². The number of hydrogen-bond acceptors (Lipinski definition) is 5. The van der Waals surface area contributed by atoms with Crippen LogP contribution in [0.1, 0.15) is 13.8 Å². The first-order valence-electron chi connectivity index (χ1n) is 5.17. The third-order valence-electron chi connectivity index (χ3n) is 1.88. The Bertz CT molecular complexity index is 398. The highest BCUT2D eigenvalue weighted by Crippen LogP contribution is 2.23. The van der Waals surface area contributed by atoms with Crippen molar-refractivity contribution in [1.29, 1.82) is 0 Å². The Kier molecular flexibility index (Phi) is 5.11. The van der Waals surface area contributed by atoms with Crippen LogP contribution in [0, 0.1) is 10.1 Å². The number of aromatic nitrogens is 1. The van der Waals surface area contributed by atoms with E-state index in [9.17, 15) is 10.1 Å². The Labute approximate surface area is 104 Å². The first-order chi connectivity index (χ1) is 8.00. The molecule has 0 radical (unpaired) electrons. The molecule has 0 fully saturated rings. The van der Waals surface area contributed by atoms with Gasteiger partial charge in [0.2, 0.25) is 5.82 Å². The lowest BCUT2D eigenvalue weighted by atomic mass is 10.4. The highest BCUT2D eigenvalue weighted by molar-refractivity contribution is 6.29. The summed E-state index contributed by atoms with van der Waals surface area (Å²) in [4.78, 5) is 14.1. The van der Waals surface area contributed by atoms with E-state index in [2.05, 4.69) is 10.3 Å². The highest BCUT2D eigenvalue weighted by atomic mass is 35.5. The Morgan fingerprint density at radius 3 is 2.88 bits per heavy atom. The van der Waals surface area contributed by atoms with Gasteiger partial charge in [-0.3, -0.25) is 10.1 Å². The molecule has 0 aromatic carbocycles. The molecule has 0 atom stereocenters. The molecule has 0 saturated heterocycles. The normalized spacial score (nSPS) is 10.6. The summed E-state index contributed by atoms with van der Waals surface area (Å²) in [5.41, 5.74) is -0.0982. The number of anilines is 1. The molecule has 1 aromatic rings. The molecule has 6 nitrogen and oxygen atoms in total. The minimum absolute atomic E-state index is 0.0982. The van der Waals surface area contributed by atoms with Gasteiger partial charge in [0.05, 0.1) is 17.6 Å². The van der Waals surface area contributed by atoms with E-state index in [0.29, 0.717) is 13.2 Å². The average molecular weight is 260 g/mol. The van der Waals surface area contributed by atoms with Crippen LogP contribution < -0.4 is 5.32 Å². The van der Waals surface area contributed by atoms with Crippen molar-refractivity contribution in [3.05, 3.63) is 27.4 Å². The predicted molar refractivity (Wildman–Crippen MR) is 65.5 cm³/mol. The maximum Gasteiger partial charge on any atom is 0.311 e. The Morgan fingerprint density at radius 2 is 2.29 bits per heavy atom. The Balaban J connectivity index is 2.62. The third-order valence-corrected chi connectivity index (χ3v) is 2.09. The molecule has 0 bridgehead atoms. The molecule has 1 aromatic heterocycles. The fraction of sp³-hybridized carbons (Fsp3) is 0.500. The number of hydrogen-bond donors (Lipinski definition) is 1. The van der Waals surface area contributed by atoms with E-state index >= 15 is 0 Å². The minimum Gasteiger partial charge on any atom is -0.377 e. The second-order valence-corrected chi connectivity index (χ2v) is 3.99. The fourth-order valence-electron chi connectivity index (χ4n) is 1.17. The van der Waals surface area contributed by atoms with Crippen molar-refractivity contribution in [2.45, 2.75) is 20.0 Å². The van der Waals surface area contributed by atoms with Crippen LogP contribution in [0.15, 0.2) is 12.1 Å². The lowest BCUT2D eigenvalue weighted by Gasteiger charge is -2.09. The quantitative estimate of drug-likeness (QED) is 0.368. The molecule has 7 heteroatoms. The van der Waals surface area contributed by atoms with Crippen LogP contribution in [0.4, 0.5) is 11.5 Å². The van der Waals surface area contributed by atoms with Crippen molar-refractivity contribution in [3.63, 3.8) is 0 Å².